The van der Waals surface area contributed by atoms with Crippen molar-refractivity contribution in [3.05, 3.63) is 101 Å². The number of imide groups is 1. The van der Waals surface area contributed by atoms with E-state index in [0.29, 0.717) is 34.8 Å². The topological polar surface area (TPSA) is 105 Å². The average Bonchev–Trinajstić information content (AvgIpc) is 3.13. The second-order valence-electron chi connectivity index (χ2n) is 8.19. The third kappa shape index (κ3) is 5.87. The first-order valence-corrected chi connectivity index (χ1v) is 12.1. The van der Waals surface area contributed by atoms with E-state index < -0.39 is 17.8 Å². The predicted molar refractivity (Wildman–Crippen MR) is 141 cm³/mol. The van der Waals surface area contributed by atoms with Crippen molar-refractivity contribution in [1.29, 1.82) is 0 Å². The van der Waals surface area contributed by atoms with Gasteiger partial charge in [0, 0.05) is 16.9 Å². The monoisotopic (exact) mass is 517 g/mol. The second-order valence-corrected chi connectivity index (χ2v) is 8.57. The molecule has 188 valence electrons. The third-order valence-corrected chi connectivity index (χ3v) is 5.92. The Morgan fingerprint density at radius 2 is 1.46 bits per heavy atom. The Bertz CT molecular complexity index is 1350. The molecule has 9 heteroatoms. The summed E-state index contributed by atoms with van der Waals surface area (Å²) in [5.74, 6) is -1.94. The fourth-order valence-electron chi connectivity index (χ4n) is 3.56. The van der Waals surface area contributed by atoms with Crippen LogP contribution in [-0.4, -0.2) is 30.3 Å². The summed E-state index contributed by atoms with van der Waals surface area (Å²) in [6.45, 7) is 2.39. The summed E-state index contributed by atoms with van der Waals surface area (Å²) < 4.78 is 5.18. The molecule has 0 saturated heterocycles. The first-order chi connectivity index (χ1) is 17.9. The maximum atomic E-state index is 12.8. The highest BCUT2D eigenvalue weighted by atomic mass is 35.5. The van der Waals surface area contributed by atoms with E-state index in [1.165, 1.54) is 0 Å². The maximum absolute atomic E-state index is 12.8. The molecule has 4 rings (SSSR count). The molecule has 0 radical (unpaired) electrons. The Morgan fingerprint density at radius 3 is 2.11 bits per heavy atom. The van der Waals surface area contributed by atoms with Crippen LogP contribution in [0.25, 0.3) is 0 Å². The zero-order chi connectivity index (χ0) is 26.4. The molecule has 1 heterocycles. The van der Waals surface area contributed by atoms with Crippen LogP contribution in [0.4, 0.5) is 17.1 Å². The van der Waals surface area contributed by atoms with Crippen molar-refractivity contribution in [2.45, 2.75) is 19.8 Å². The van der Waals surface area contributed by atoms with Crippen molar-refractivity contribution < 1.29 is 23.9 Å². The van der Waals surface area contributed by atoms with Gasteiger partial charge in [0.2, 0.25) is 0 Å². The molecule has 0 aromatic heterocycles. The highest BCUT2D eigenvalue weighted by Crippen LogP contribution is 2.30. The molecule has 0 bridgehead atoms. The number of esters is 1. The lowest BCUT2D eigenvalue weighted by molar-refractivity contribution is -0.120. The van der Waals surface area contributed by atoms with Gasteiger partial charge in [-0.05, 0) is 67.1 Å². The number of nitrogens with one attached hydrogen (secondary N) is 2. The molecule has 3 amide bonds. The van der Waals surface area contributed by atoms with E-state index in [1.807, 2.05) is 6.92 Å². The van der Waals surface area contributed by atoms with E-state index in [1.54, 1.807) is 78.9 Å². The number of hydrogen-bond acceptors (Lipinski definition) is 6. The molecule has 0 aliphatic carbocycles. The van der Waals surface area contributed by atoms with Crippen LogP contribution in [0, 0.1) is 0 Å². The van der Waals surface area contributed by atoms with Crippen LogP contribution < -0.4 is 15.5 Å². The number of rotatable bonds is 9. The van der Waals surface area contributed by atoms with Gasteiger partial charge in [0.05, 0.1) is 17.9 Å². The van der Waals surface area contributed by atoms with Crippen LogP contribution in [0.15, 0.2) is 89.6 Å². The number of carbonyl (C=O) groups is 4. The molecule has 0 saturated carbocycles. The zero-order valence-electron chi connectivity index (χ0n) is 20.0. The SMILES string of the molecule is CCCCOC(=O)c1ccc(NC(=O)c2ccc(NC3=C(Cl)C(=O)N(c4ccccc4)C3=O)cc2)cc1. The lowest BCUT2D eigenvalue weighted by atomic mass is 10.1. The van der Waals surface area contributed by atoms with Gasteiger partial charge >= 0.3 is 5.97 Å². The quantitative estimate of drug-likeness (QED) is 0.226. The fourth-order valence-corrected chi connectivity index (χ4v) is 3.77. The van der Waals surface area contributed by atoms with Gasteiger partial charge in [0.25, 0.3) is 17.7 Å². The average molecular weight is 518 g/mol. The number of ether oxygens (including phenoxy) is 1. The number of para-hydroxylation sites is 1. The molecule has 0 unspecified atom stereocenters. The van der Waals surface area contributed by atoms with Gasteiger partial charge in [-0.2, -0.15) is 0 Å². The summed E-state index contributed by atoms with van der Waals surface area (Å²) >= 11 is 6.16. The van der Waals surface area contributed by atoms with Crippen LogP contribution in [0.5, 0.6) is 0 Å². The minimum atomic E-state index is -0.614. The lowest BCUT2D eigenvalue weighted by Crippen LogP contribution is -2.32. The van der Waals surface area contributed by atoms with E-state index in [0.717, 1.165) is 17.7 Å². The number of unbranched alkanes of at least 4 members (excludes halogenated alkanes) is 1. The Morgan fingerprint density at radius 1 is 0.838 bits per heavy atom. The van der Waals surface area contributed by atoms with Crippen molar-refractivity contribution in [3.8, 4) is 0 Å². The summed E-state index contributed by atoms with van der Waals surface area (Å²) in [5.41, 5.74) is 2.15. The van der Waals surface area contributed by atoms with Gasteiger partial charge in [0.15, 0.2) is 0 Å². The number of nitrogens with zero attached hydrogens (tertiary/aromatic N) is 1. The highest BCUT2D eigenvalue weighted by Gasteiger charge is 2.38. The smallest absolute Gasteiger partial charge is 0.338 e. The molecule has 3 aromatic carbocycles. The van der Waals surface area contributed by atoms with Crippen molar-refractivity contribution in [2.24, 2.45) is 0 Å². The van der Waals surface area contributed by atoms with Crippen molar-refractivity contribution in [1.82, 2.24) is 0 Å². The summed E-state index contributed by atoms with van der Waals surface area (Å²) in [7, 11) is 0. The zero-order valence-corrected chi connectivity index (χ0v) is 20.7. The molecular formula is C28H24ClN3O5. The van der Waals surface area contributed by atoms with Crippen LogP contribution in [0.1, 0.15) is 40.5 Å². The van der Waals surface area contributed by atoms with Crippen LogP contribution in [-0.2, 0) is 14.3 Å². The van der Waals surface area contributed by atoms with Crippen molar-refractivity contribution in [3.63, 3.8) is 0 Å². The van der Waals surface area contributed by atoms with Crippen molar-refractivity contribution in [2.75, 3.05) is 22.1 Å². The fraction of sp³-hybridized carbons (Fsp3) is 0.143. The number of carbonyl (C=O) groups excluding carboxylic acids is 4. The standard InChI is InChI=1S/C28H24ClN3O5/c1-2-3-17-37-28(36)19-11-15-21(16-12-19)31-25(33)18-9-13-20(14-10-18)30-24-23(29)26(34)32(27(24)35)22-7-5-4-6-8-22/h4-16,30H,2-3,17H2,1H3,(H,31,33). The normalized spacial score (nSPS) is 13.1. The molecule has 1 aliphatic rings. The maximum Gasteiger partial charge on any atom is 0.338 e. The van der Waals surface area contributed by atoms with Crippen LogP contribution in [0.2, 0.25) is 0 Å². The van der Waals surface area contributed by atoms with Crippen LogP contribution in [0.3, 0.4) is 0 Å². The van der Waals surface area contributed by atoms with E-state index >= 15 is 0 Å². The van der Waals surface area contributed by atoms with Gasteiger partial charge < -0.3 is 15.4 Å². The number of halogens is 1. The van der Waals surface area contributed by atoms with Gasteiger partial charge in [-0.25, -0.2) is 9.69 Å². The summed E-state index contributed by atoms with van der Waals surface area (Å²) in [6.07, 6.45) is 1.74. The molecule has 37 heavy (non-hydrogen) atoms. The minimum absolute atomic E-state index is 0.0407. The van der Waals surface area contributed by atoms with Gasteiger partial charge in [-0.15, -0.1) is 0 Å². The lowest BCUT2D eigenvalue weighted by Gasteiger charge is -2.15. The van der Waals surface area contributed by atoms with E-state index in [-0.39, 0.29) is 16.6 Å². The molecule has 2 N–H and O–H groups in total. The minimum Gasteiger partial charge on any atom is -0.462 e. The Balaban J connectivity index is 1.37. The van der Waals surface area contributed by atoms with Crippen LogP contribution >= 0.6 is 11.6 Å². The molecule has 0 atom stereocenters. The number of anilines is 3. The van der Waals surface area contributed by atoms with Crippen molar-refractivity contribution >= 4 is 52.4 Å². The molecule has 1 aliphatic heterocycles. The number of benzene rings is 3. The van der Waals surface area contributed by atoms with Gasteiger partial charge in [-0.1, -0.05) is 43.1 Å². The first kappa shape index (κ1) is 25.7. The summed E-state index contributed by atoms with van der Waals surface area (Å²) in [4.78, 5) is 51.1. The number of amides is 3. The Kier molecular flexibility index (Phi) is 8.00. The van der Waals surface area contributed by atoms with Gasteiger partial charge in [-0.3, -0.25) is 14.4 Å². The predicted octanol–water partition coefficient (Wildman–Crippen LogP) is 5.33. The van der Waals surface area contributed by atoms with E-state index in [4.69, 9.17) is 16.3 Å². The molecule has 8 nitrogen and oxygen atoms in total. The van der Waals surface area contributed by atoms with E-state index in [9.17, 15) is 19.2 Å². The van der Waals surface area contributed by atoms with Gasteiger partial charge in [0.1, 0.15) is 10.7 Å². The third-order valence-electron chi connectivity index (χ3n) is 5.57. The number of hydrogen-bond donors (Lipinski definition) is 2. The Labute approximate surface area is 218 Å². The molecule has 0 spiro atoms. The second kappa shape index (κ2) is 11.5. The highest BCUT2D eigenvalue weighted by molar-refractivity contribution is 6.53. The summed E-state index contributed by atoms with van der Waals surface area (Å²) in [5, 5.41) is 5.43. The Hall–Kier alpha value is -4.43. The first-order valence-electron chi connectivity index (χ1n) is 11.7. The molecule has 3 aromatic rings. The molecule has 0 fully saturated rings. The summed E-state index contributed by atoms with van der Waals surface area (Å²) in [6, 6.07) is 21.3. The van der Waals surface area contributed by atoms with E-state index in [2.05, 4.69) is 10.6 Å². The largest absolute Gasteiger partial charge is 0.462 e. The molecular weight excluding hydrogens is 494 g/mol.